The molecule has 0 spiro atoms. The van der Waals surface area contributed by atoms with Crippen LogP contribution in [-0.4, -0.2) is 84.6 Å². The summed E-state index contributed by atoms with van der Waals surface area (Å²) in [6.07, 6.45) is 3.06. The van der Waals surface area contributed by atoms with Crippen LogP contribution in [0, 0.1) is 0 Å². The molecule has 2 atom stereocenters. The maximum Gasteiger partial charge on any atom is 0.251 e. The Bertz CT molecular complexity index is 369. The SMILES string of the molecule is C[C@H](OC[C@@H]1CCCCO1)C(=O)N1CCN(CC(C)(C)O)CC1. The largest absolute Gasteiger partial charge is 0.389 e. The van der Waals surface area contributed by atoms with Crippen molar-refractivity contribution in [3.05, 3.63) is 0 Å². The molecule has 0 unspecified atom stereocenters. The molecule has 0 aromatic rings. The van der Waals surface area contributed by atoms with E-state index in [1.54, 1.807) is 0 Å². The van der Waals surface area contributed by atoms with E-state index in [9.17, 15) is 9.90 Å². The molecule has 0 saturated carbocycles. The van der Waals surface area contributed by atoms with Gasteiger partial charge in [0.05, 0.1) is 18.3 Å². The molecule has 134 valence electrons. The third-order valence-electron chi connectivity index (χ3n) is 4.45. The summed E-state index contributed by atoms with van der Waals surface area (Å²) in [7, 11) is 0. The minimum atomic E-state index is -0.692. The fraction of sp³-hybridized carbons (Fsp3) is 0.941. The second kappa shape index (κ2) is 8.42. The van der Waals surface area contributed by atoms with E-state index in [1.807, 2.05) is 25.7 Å². The van der Waals surface area contributed by atoms with Gasteiger partial charge in [-0.05, 0) is 40.0 Å². The lowest BCUT2D eigenvalue weighted by atomic mass is 10.1. The number of ether oxygens (including phenoxy) is 2. The Balaban J connectivity index is 1.69. The van der Waals surface area contributed by atoms with Crippen LogP contribution in [0.4, 0.5) is 0 Å². The number of nitrogens with zero attached hydrogens (tertiary/aromatic N) is 2. The predicted octanol–water partition coefficient (Wildman–Crippen LogP) is 0.876. The van der Waals surface area contributed by atoms with Gasteiger partial charge < -0.3 is 19.5 Å². The first-order valence-electron chi connectivity index (χ1n) is 8.82. The highest BCUT2D eigenvalue weighted by atomic mass is 16.5. The van der Waals surface area contributed by atoms with Gasteiger partial charge in [-0.15, -0.1) is 0 Å². The zero-order chi connectivity index (χ0) is 16.9. The van der Waals surface area contributed by atoms with Gasteiger partial charge in [-0.2, -0.15) is 0 Å². The van der Waals surface area contributed by atoms with E-state index in [0.29, 0.717) is 26.2 Å². The van der Waals surface area contributed by atoms with Gasteiger partial charge in [-0.25, -0.2) is 0 Å². The summed E-state index contributed by atoms with van der Waals surface area (Å²) in [6, 6.07) is 0. The highest BCUT2D eigenvalue weighted by molar-refractivity contribution is 5.80. The molecular weight excluding hydrogens is 296 g/mol. The molecule has 0 aromatic heterocycles. The molecule has 6 nitrogen and oxygen atoms in total. The monoisotopic (exact) mass is 328 g/mol. The van der Waals surface area contributed by atoms with Crippen molar-refractivity contribution in [1.29, 1.82) is 0 Å². The molecular formula is C17H32N2O4. The van der Waals surface area contributed by atoms with Gasteiger partial charge in [0.2, 0.25) is 0 Å². The zero-order valence-electron chi connectivity index (χ0n) is 14.8. The molecule has 2 rings (SSSR count). The molecule has 0 aliphatic carbocycles. The molecule has 23 heavy (non-hydrogen) atoms. The summed E-state index contributed by atoms with van der Waals surface area (Å²) in [4.78, 5) is 16.5. The molecule has 6 heteroatoms. The summed E-state index contributed by atoms with van der Waals surface area (Å²) < 4.78 is 11.4. The molecule has 2 saturated heterocycles. The number of hydrogen-bond acceptors (Lipinski definition) is 5. The van der Waals surface area contributed by atoms with E-state index >= 15 is 0 Å². The summed E-state index contributed by atoms with van der Waals surface area (Å²) >= 11 is 0. The van der Waals surface area contributed by atoms with E-state index in [1.165, 1.54) is 6.42 Å². The van der Waals surface area contributed by atoms with Gasteiger partial charge in [0, 0.05) is 39.3 Å². The van der Waals surface area contributed by atoms with Crippen molar-refractivity contribution in [2.45, 2.75) is 57.8 Å². The number of amides is 1. The van der Waals surface area contributed by atoms with Gasteiger partial charge in [0.1, 0.15) is 6.10 Å². The van der Waals surface area contributed by atoms with Crippen LogP contribution in [-0.2, 0) is 14.3 Å². The fourth-order valence-electron chi connectivity index (χ4n) is 3.19. The highest BCUT2D eigenvalue weighted by Crippen LogP contribution is 2.14. The van der Waals surface area contributed by atoms with E-state index in [-0.39, 0.29) is 12.0 Å². The number of rotatable bonds is 6. The Kier molecular flexibility index (Phi) is 6.83. The lowest BCUT2D eigenvalue weighted by molar-refractivity contribution is -0.148. The Morgan fingerprint density at radius 3 is 2.57 bits per heavy atom. The highest BCUT2D eigenvalue weighted by Gasteiger charge is 2.28. The number of aliphatic hydroxyl groups is 1. The van der Waals surface area contributed by atoms with Crippen LogP contribution >= 0.6 is 0 Å². The molecule has 2 fully saturated rings. The van der Waals surface area contributed by atoms with Gasteiger partial charge >= 0.3 is 0 Å². The Hall–Kier alpha value is -0.690. The summed E-state index contributed by atoms with van der Waals surface area (Å²) in [6.45, 7) is 10.4. The lowest BCUT2D eigenvalue weighted by Gasteiger charge is -2.38. The molecule has 1 amide bonds. The molecule has 2 aliphatic rings. The standard InChI is InChI=1S/C17H32N2O4/c1-14(23-12-15-6-4-5-11-22-15)16(20)19-9-7-18(8-10-19)13-17(2,3)21/h14-15,21H,4-13H2,1-3H3/t14-,15-/m0/s1. The lowest BCUT2D eigenvalue weighted by Crippen LogP contribution is -2.54. The molecule has 0 aromatic carbocycles. The number of β-amino-alcohol motifs (C(OH)–C–C–N with tert-alkyl or cyclic N) is 1. The van der Waals surface area contributed by atoms with Crippen LogP contribution in [0.5, 0.6) is 0 Å². The number of hydrogen-bond donors (Lipinski definition) is 1. The van der Waals surface area contributed by atoms with E-state index in [4.69, 9.17) is 9.47 Å². The van der Waals surface area contributed by atoms with Crippen LogP contribution in [0.1, 0.15) is 40.0 Å². The van der Waals surface area contributed by atoms with Crippen molar-refractivity contribution in [1.82, 2.24) is 9.80 Å². The van der Waals surface area contributed by atoms with Gasteiger partial charge in [0.25, 0.3) is 5.91 Å². The minimum absolute atomic E-state index is 0.0590. The molecule has 0 bridgehead atoms. The quantitative estimate of drug-likeness (QED) is 0.784. The van der Waals surface area contributed by atoms with Crippen LogP contribution in [0.3, 0.4) is 0 Å². The summed E-state index contributed by atoms with van der Waals surface area (Å²) in [5.74, 6) is 0.0590. The molecule has 2 aliphatic heterocycles. The van der Waals surface area contributed by atoms with E-state index in [2.05, 4.69) is 4.90 Å². The van der Waals surface area contributed by atoms with Crippen LogP contribution in [0.25, 0.3) is 0 Å². The number of carbonyl (C=O) groups excluding carboxylic acids is 1. The second-order valence-electron chi connectivity index (χ2n) is 7.38. The number of carbonyl (C=O) groups is 1. The van der Waals surface area contributed by atoms with Crippen molar-refractivity contribution in [2.75, 3.05) is 45.9 Å². The Morgan fingerprint density at radius 1 is 1.30 bits per heavy atom. The van der Waals surface area contributed by atoms with Crippen LogP contribution < -0.4 is 0 Å². The Labute approximate surface area is 139 Å². The third-order valence-corrected chi connectivity index (χ3v) is 4.45. The molecule has 2 heterocycles. The van der Waals surface area contributed by atoms with Gasteiger partial charge in [-0.3, -0.25) is 9.69 Å². The van der Waals surface area contributed by atoms with E-state index in [0.717, 1.165) is 32.5 Å². The van der Waals surface area contributed by atoms with Crippen molar-refractivity contribution < 1.29 is 19.4 Å². The molecule has 1 N–H and O–H groups in total. The minimum Gasteiger partial charge on any atom is -0.389 e. The van der Waals surface area contributed by atoms with Crippen molar-refractivity contribution in [3.8, 4) is 0 Å². The second-order valence-corrected chi connectivity index (χ2v) is 7.38. The average molecular weight is 328 g/mol. The van der Waals surface area contributed by atoms with Gasteiger partial charge in [0.15, 0.2) is 0 Å². The fourth-order valence-corrected chi connectivity index (χ4v) is 3.19. The van der Waals surface area contributed by atoms with Crippen LogP contribution in [0.2, 0.25) is 0 Å². The third kappa shape index (κ3) is 6.37. The molecule has 0 radical (unpaired) electrons. The van der Waals surface area contributed by atoms with Crippen molar-refractivity contribution in [2.24, 2.45) is 0 Å². The number of piperazine rings is 1. The van der Waals surface area contributed by atoms with Crippen LogP contribution in [0.15, 0.2) is 0 Å². The average Bonchev–Trinajstić information content (AvgIpc) is 2.52. The summed E-state index contributed by atoms with van der Waals surface area (Å²) in [5.41, 5.74) is -0.692. The maximum absolute atomic E-state index is 12.5. The van der Waals surface area contributed by atoms with E-state index < -0.39 is 11.7 Å². The predicted molar refractivity (Wildman–Crippen MR) is 88.3 cm³/mol. The Morgan fingerprint density at radius 2 is 2.00 bits per heavy atom. The topological polar surface area (TPSA) is 62.2 Å². The van der Waals surface area contributed by atoms with Crippen molar-refractivity contribution in [3.63, 3.8) is 0 Å². The first kappa shape index (κ1) is 18.6. The smallest absolute Gasteiger partial charge is 0.251 e. The normalized spacial score (nSPS) is 25.4. The summed E-state index contributed by atoms with van der Waals surface area (Å²) in [5, 5.41) is 9.87. The van der Waals surface area contributed by atoms with Crippen molar-refractivity contribution >= 4 is 5.91 Å². The first-order chi connectivity index (χ1) is 10.8. The van der Waals surface area contributed by atoms with Gasteiger partial charge in [-0.1, -0.05) is 0 Å². The maximum atomic E-state index is 12.5. The first-order valence-corrected chi connectivity index (χ1v) is 8.82. The zero-order valence-corrected chi connectivity index (χ0v) is 14.8.